The summed E-state index contributed by atoms with van der Waals surface area (Å²) >= 11 is -2.67. The van der Waals surface area contributed by atoms with Crippen molar-refractivity contribution in [2.75, 3.05) is 26.7 Å². The number of imide groups is 1. The normalized spacial score (nSPS) is 12.3. The van der Waals surface area contributed by atoms with E-state index >= 15 is 0 Å². The van der Waals surface area contributed by atoms with Gasteiger partial charge < -0.3 is 40.9 Å². The minimum absolute atomic E-state index is 0.000252. The van der Waals surface area contributed by atoms with Gasteiger partial charge in [0.05, 0.1) is 24.7 Å². The molecule has 77 heavy (non-hydrogen) atoms. The van der Waals surface area contributed by atoms with Gasteiger partial charge in [0.25, 0.3) is 17.7 Å². The van der Waals surface area contributed by atoms with Crippen LogP contribution in [0.25, 0.3) is 0 Å². The third-order valence-electron chi connectivity index (χ3n) is 11.8. The van der Waals surface area contributed by atoms with Gasteiger partial charge in [0.15, 0.2) is 0 Å². The van der Waals surface area contributed by atoms with E-state index in [0.29, 0.717) is 36.3 Å². The molecule has 0 aromatic heterocycles. The number of unbranched alkanes of at least 4 members (excludes halogenated alkanes) is 4. The number of rotatable bonds is 32. The van der Waals surface area contributed by atoms with Gasteiger partial charge in [0.2, 0.25) is 5.91 Å². The Morgan fingerprint density at radius 3 is 1.64 bits per heavy atom. The van der Waals surface area contributed by atoms with E-state index in [4.69, 9.17) is 20.2 Å². The molecule has 23 nitrogen and oxygen atoms in total. The van der Waals surface area contributed by atoms with Gasteiger partial charge in [-0.1, -0.05) is 19.9 Å². The quantitative estimate of drug-likeness (QED) is 0.0209. The third-order valence-corrected chi connectivity index (χ3v) is 27.4. The van der Waals surface area contributed by atoms with Gasteiger partial charge in [0.1, 0.15) is 6.29 Å². The van der Waals surface area contributed by atoms with Gasteiger partial charge in [-0.3, -0.25) is 38.4 Å². The fourth-order valence-electron chi connectivity index (χ4n) is 7.41. The largest absolute Gasteiger partial charge is 0.363 e. The van der Waals surface area contributed by atoms with E-state index in [1.807, 2.05) is 12.1 Å². The van der Waals surface area contributed by atoms with E-state index in [2.05, 4.69) is 59.5 Å². The number of aliphatic carboxylic acids is 4. The fraction of sp³-hybridized carbons (Fsp3) is 0.547. The fourth-order valence-corrected chi connectivity index (χ4v) is 23.4. The van der Waals surface area contributed by atoms with Crippen molar-refractivity contribution in [3.05, 3.63) is 65.2 Å². The zero-order chi connectivity index (χ0) is 58.3. The van der Waals surface area contributed by atoms with E-state index < -0.39 is 96.4 Å². The van der Waals surface area contributed by atoms with Crippen LogP contribution in [0.2, 0.25) is 13.3 Å². The summed E-state index contributed by atoms with van der Waals surface area (Å²) in [6.07, 6.45) is 9.30. The molecule has 1 saturated heterocycles. The van der Waals surface area contributed by atoms with Gasteiger partial charge >= 0.3 is 223 Å². The van der Waals surface area contributed by atoms with E-state index in [1.165, 1.54) is 86.7 Å². The van der Waals surface area contributed by atoms with Crippen molar-refractivity contribution in [3.63, 3.8) is 0 Å². The van der Waals surface area contributed by atoms with E-state index in [1.54, 1.807) is 13.8 Å². The zero-order valence-corrected chi connectivity index (χ0v) is 48.1. The summed E-state index contributed by atoms with van der Waals surface area (Å²) in [5.41, 5.74) is 0.834. The molecule has 1 fully saturated rings. The summed E-state index contributed by atoms with van der Waals surface area (Å²) in [5.74, 6) is -7.66. The molecule has 0 bridgehead atoms. The van der Waals surface area contributed by atoms with Crippen LogP contribution in [0, 0.1) is 0 Å². The predicted molar refractivity (Wildman–Crippen MR) is 287 cm³/mol. The predicted octanol–water partition coefficient (Wildman–Crippen LogP) is 4.58. The average Bonchev–Trinajstić information content (AvgIpc) is 3.73. The number of hydroxylamine groups is 2. The van der Waals surface area contributed by atoms with Crippen LogP contribution in [-0.2, 0) is 48.0 Å². The molecule has 1 aliphatic heterocycles. The Morgan fingerprint density at radius 1 is 0.649 bits per heavy atom. The van der Waals surface area contributed by atoms with Crippen molar-refractivity contribution in [1.82, 2.24) is 31.6 Å². The molecule has 2 aromatic rings. The Labute approximate surface area is 454 Å². The monoisotopic (exact) mass is 1190 g/mol. The molecule has 2 unspecified atom stereocenters. The van der Waals surface area contributed by atoms with Crippen LogP contribution in [0.4, 0.5) is 0 Å². The molecule has 0 spiro atoms. The maximum atomic E-state index is 13.1. The van der Waals surface area contributed by atoms with Crippen molar-refractivity contribution in [2.24, 2.45) is 0 Å². The van der Waals surface area contributed by atoms with E-state index in [-0.39, 0.29) is 68.5 Å². The van der Waals surface area contributed by atoms with Crippen molar-refractivity contribution in [2.45, 2.75) is 156 Å². The molecule has 1 heterocycles. The average molecular weight is 1190 g/mol. The summed E-state index contributed by atoms with van der Waals surface area (Å²) in [6.45, 7) is 9.76. The van der Waals surface area contributed by atoms with E-state index in [9.17, 15) is 62.6 Å². The Balaban J connectivity index is 0.00000147. The number of aldehydes is 1. The second kappa shape index (κ2) is 40.5. The van der Waals surface area contributed by atoms with Crippen LogP contribution in [-0.4, -0.2) is 154 Å². The van der Waals surface area contributed by atoms with Crippen LogP contribution in [0.15, 0.2) is 48.5 Å². The van der Waals surface area contributed by atoms with Crippen LogP contribution < -0.4 is 30.2 Å². The SMILES string of the molecule is CCC(=O)O.CCC(=O)O.CCC[CH2][Sn]([CH2]CCC)([CH2]CCC)[c]1cccc(C(=O)NCCCCC(NC(=O)CNC(=O)C(CCC(=O)O)NC)C(=O)O)c1.O=CCNC(=O)c1cccc(C(=O)ON2C(=O)CCC2=O)c1. The molecule has 0 radical (unpaired) electrons. The topological polar surface area (TPSA) is 358 Å². The zero-order valence-electron chi connectivity index (χ0n) is 45.2. The summed E-state index contributed by atoms with van der Waals surface area (Å²) < 4.78 is 5.43. The minimum atomic E-state index is -2.67. The minimum Gasteiger partial charge on any atom is -0.345 e. The molecule has 428 valence electrons. The van der Waals surface area contributed by atoms with Gasteiger partial charge in [-0.25, -0.2) is 4.79 Å². The van der Waals surface area contributed by atoms with Crippen LogP contribution in [0.5, 0.6) is 0 Å². The van der Waals surface area contributed by atoms with Crippen molar-refractivity contribution < 1.29 is 82.8 Å². The van der Waals surface area contributed by atoms with Gasteiger partial charge in [-0.05, 0) is 31.7 Å². The number of hydrogen-bond donors (Lipinski definition) is 9. The second-order valence-corrected chi connectivity index (χ2v) is 31.0. The Bertz CT molecular complexity index is 2210. The molecule has 2 aromatic carbocycles. The number of carbonyl (C=O) groups excluding carboxylic acids is 8. The maximum Gasteiger partial charge on any atom is 0.363 e. The molecule has 0 saturated carbocycles. The first-order valence-corrected chi connectivity index (χ1v) is 33.5. The van der Waals surface area contributed by atoms with Gasteiger partial charge in [0, 0.05) is 37.7 Å². The molecule has 0 aliphatic carbocycles. The molecule has 3 rings (SSSR count). The number of carbonyl (C=O) groups is 12. The molecule has 24 heteroatoms. The van der Waals surface area contributed by atoms with Crippen LogP contribution in [0.3, 0.4) is 0 Å². The summed E-state index contributed by atoms with van der Waals surface area (Å²) in [6, 6.07) is 11.9. The Hall–Kier alpha value is -6.76. The Morgan fingerprint density at radius 2 is 1.16 bits per heavy atom. The number of nitrogens with zero attached hydrogens (tertiary/aromatic N) is 1. The summed E-state index contributed by atoms with van der Waals surface area (Å²) in [7, 11) is 1.51. The third kappa shape index (κ3) is 29.4. The molecule has 1 aliphatic rings. The van der Waals surface area contributed by atoms with Crippen LogP contribution in [0.1, 0.15) is 162 Å². The van der Waals surface area contributed by atoms with Gasteiger partial charge in [-0.2, -0.15) is 0 Å². The van der Waals surface area contributed by atoms with E-state index in [0.717, 1.165) is 0 Å². The number of carboxylic acids is 4. The molecular formula is C53H80N6O17Sn. The number of likely N-dealkylation sites (N-methyl/N-ethyl adjacent to an activating group) is 1. The number of benzene rings is 2. The van der Waals surface area contributed by atoms with Crippen molar-refractivity contribution in [1.29, 1.82) is 0 Å². The maximum absolute atomic E-state index is 13.1. The van der Waals surface area contributed by atoms with Crippen molar-refractivity contribution >= 4 is 93.5 Å². The second-order valence-electron chi connectivity index (χ2n) is 17.8. The molecular weight excluding hydrogens is 1110 g/mol. The smallest absolute Gasteiger partial charge is 0.345 e. The molecule has 9 N–H and O–H groups in total. The first kappa shape index (κ1) is 70.2. The number of amides is 6. The standard InChI is InChI=1S/C21H29N4O7.C14H12N2O6.3C4H9.2C3H6O2.Sn/c1-22-15(10-11-18(27)28)20(30)24-13-17(26)25-16(21(31)32)9-5-6-12-23-19(29)14-7-3-2-4-8-14;17-7-6-15-13(20)9-2-1-3-10(8-9)14(21)22-16-11(18)4-5-12(16)19;3*1-3-4-2;2*1-2-3(4)5;/h2-3,7-8,15-16,22H,5-6,9-13H2,1H3,(H,23,29)(H,24,30)(H,25,26)(H,27,28)(H,31,32);1-3,7-8H,4-6H2,(H,15,20);3*1,3-4H2,2H3;2*2H2,1H3,(H,4,5);. The van der Waals surface area contributed by atoms with Crippen LogP contribution >= 0.6 is 0 Å². The summed E-state index contributed by atoms with van der Waals surface area (Å²) in [4.78, 5) is 140. The van der Waals surface area contributed by atoms with Crippen molar-refractivity contribution in [3.8, 4) is 0 Å². The number of carboxylic acid groups (broad SMARTS) is 4. The summed E-state index contributed by atoms with van der Waals surface area (Å²) in [5, 5.41) is 47.1. The number of hydrogen-bond acceptors (Lipinski definition) is 14. The Kier molecular flexibility index (Phi) is 36.9. The van der Waals surface area contributed by atoms with Gasteiger partial charge in [-0.15, -0.1) is 5.06 Å². The number of nitrogens with one attached hydrogen (secondary N) is 5. The first-order valence-electron chi connectivity index (χ1n) is 26.0. The molecule has 6 amide bonds. The first-order chi connectivity index (χ1) is 36.6. The molecule has 2 atom stereocenters.